The lowest BCUT2D eigenvalue weighted by Crippen LogP contribution is -2.34. The van der Waals surface area contributed by atoms with Crippen LogP contribution >= 0.6 is 15.9 Å². The number of aryl methyl sites for hydroxylation is 1. The number of urea groups is 1. The largest absolute Gasteiger partial charge is 0.361 e. The van der Waals surface area contributed by atoms with Gasteiger partial charge in [0.2, 0.25) is 0 Å². The Bertz CT molecular complexity index is 704. The number of amides is 2. The van der Waals surface area contributed by atoms with Crippen LogP contribution in [0.25, 0.3) is 0 Å². The average Bonchev–Trinajstić information content (AvgIpc) is 3.10. The van der Waals surface area contributed by atoms with Gasteiger partial charge in [0.1, 0.15) is 17.3 Å². The molecule has 2 amide bonds. The van der Waals surface area contributed by atoms with Crippen LogP contribution in [-0.4, -0.2) is 22.6 Å². The number of nitrogens with one attached hydrogen (secondary N) is 1. The van der Waals surface area contributed by atoms with Crippen molar-refractivity contribution in [2.45, 2.75) is 25.8 Å². The third kappa shape index (κ3) is 2.99. The number of hydrogen-bond donors (Lipinski definition) is 1. The number of benzene rings is 1. The molecule has 22 heavy (non-hydrogen) atoms. The van der Waals surface area contributed by atoms with Crippen LogP contribution in [0.1, 0.15) is 30.3 Å². The predicted octanol–water partition coefficient (Wildman–Crippen LogP) is 4.25. The van der Waals surface area contributed by atoms with Crippen LogP contribution in [0, 0.1) is 12.7 Å². The van der Waals surface area contributed by atoms with E-state index in [-0.39, 0.29) is 17.8 Å². The molecule has 0 spiro atoms. The molecule has 2 heterocycles. The van der Waals surface area contributed by atoms with Gasteiger partial charge in [0, 0.05) is 17.1 Å². The van der Waals surface area contributed by atoms with Crippen molar-refractivity contribution in [1.82, 2.24) is 10.1 Å². The minimum Gasteiger partial charge on any atom is -0.361 e. The van der Waals surface area contributed by atoms with Gasteiger partial charge in [-0.05, 0) is 38.0 Å². The first-order chi connectivity index (χ1) is 10.5. The Hall–Kier alpha value is -1.89. The molecule has 0 saturated carbocycles. The zero-order valence-corrected chi connectivity index (χ0v) is 13.6. The second-order valence-electron chi connectivity index (χ2n) is 5.27. The molecule has 1 aliphatic rings. The lowest BCUT2D eigenvalue weighted by Gasteiger charge is -2.23. The predicted molar refractivity (Wildman–Crippen MR) is 83.0 cm³/mol. The molecule has 1 aromatic heterocycles. The van der Waals surface area contributed by atoms with Crippen LogP contribution in [0.2, 0.25) is 0 Å². The highest BCUT2D eigenvalue weighted by Crippen LogP contribution is 2.32. The Morgan fingerprint density at radius 1 is 1.50 bits per heavy atom. The van der Waals surface area contributed by atoms with Gasteiger partial charge in [-0.2, -0.15) is 0 Å². The Morgan fingerprint density at radius 3 is 3.00 bits per heavy atom. The van der Waals surface area contributed by atoms with E-state index in [0.717, 1.165) is 18.5 Å². The topological polar surface area (TPSA) is 58.4 Å². The molecule has 1 saturated heterocycles. The van der Waals surface area contributed by atoms with E-state index in [1.54, 1.807) is 11.0 Å². The first-order valence-corrected chi connectivity index (χ1v) is 7.80. The van der Waals surface area contributed by atoms with Crippen molar-refractivity contribution in [3.63, 3.8) is 0 Å². The number of anilines is 1. The molecule has 0 radical (unpaired) electrons. The average molecular weight is 368 g/mol. The number of rotatable bonds is 2. The van der Waals surface area contributed by atoms with Crippen LogP contribution in [-0.2, 0) is 0 Å². The summed E-state index contributed by atoms with van der Waals surface area (Å²) in [6, 6.07) is 5.90. The van der Waals surface area contributed by atoms with Crippen molar-refractivity contribution in [2.24, 2.45) is 0 Å². The van der Waals surface area contributed by atoms with Crippen LogP contribution in [0.3, 0.4) is 0 Å². The van der Waals surface area contributed by atoms with E-state index in [0.29, 0.717) is 16.8 Å². The van der Waals surface area contributed by atoms with Crippen molar-refractivity contribution in [1.29, 1.82) is 0 Å². The van der Waals surface area contributed by atoms with Crippen molar-refractivity contribution in [3.8, 4) is 0 Å². The maximum atomic E-state index is 13.8. The molecule has 1 aromatic carbocycles. The van der Waals surface area contributed by atoms with Gasteiger partial charge in [-0.1, -0.05) is 21.1 Å². The number of likely N-dealkylation sites (tertiary alicyclic amines) is 1. The molecule has 0 unspecified atom stereocenters. The highest BCUT2D eigenvalue weighted by atomic mass is 79.9. The number of aromatic nitrogens is 1. The Balaban J connectivity index is 1.76. The zero-order chi connectivity index (χ0) is 15.7. The van der Waals surface area contributed by atoms with Crippen molar-refractivity contribution in [3.05, 3.63) is 46.0 Å². The number of nitrogens with zero attached hydrogens (tertiary/aromatic N) is 2. The number of halogens is 2. The molecular weight excluding hydrogens is 353 g/mol. The summed E-state index contributed by atoms with van der Waals surface area (Å²) in [6.07, 6.45) is 1.70. The summed E-state index contributed by atoms with van der Waals surface area (Å²) < 4.78 is 19.5. The van der Waals surface area contributed by atoms with Crippen LogP contribution in [0.4, 0.5) is 14.9 Å². The molecule has 7 heteroatoms. The number of carbonyl (C=O) groups excluding carboxylic acids is 1. The fourth-order valence-electron chi connectivity index (χ4n) is 2.64. The first-order valence-electron chi connectivity index (χ1n) is 7.00. The summed E-state index contributed by atoms with van der Waals surface area (Å²) in [6.45, 7) is 2.42. The first kappa shape index (κ1) is 15.0. The molecule has 0 aliphatic carbocycles. The van der Waals surface area contributed by atoms with Gasteiger partial charge in [-0.25, -0.2) is 9.18 Å². The van der Waals surface area contributed by atoms with E-state index < -0.39 is 5.82 Å². The van der Waals surface area contributed by atoms with Gasteiger partial charge < -0.3 is 14.7 Å². The Kier molecular flexibility index (Phi) is 4.15. The lowest BCUT2D eigenvalue weighted by atomic mass is 10.1. The molecule has 1 atom stereocenters. The minimum atomic E-state index is -0.476. The van der Waals surface area contributed by atoms with Crippen LogP contribution < -0.4 is 5.32 Å². The summed E-state index contributed by atoms with van der Waals surface area (Å²) in [7, 11) is 0. The number of carbonyl (C=O) groups is 1. The third-order valence-electron chi connectivity index (χ3n) is 3.67. The third-order valence-corrected chi connectivity index (χ3v) is 4.17. The molecule has 0 bridgehead atoms. The number of hydrogen-bond acceptors (Lipinski definition) is 3. The van der Waals surface area contributed by atoms with E-state index in [1.807, 2.05) is 13.0 Å². The second kappa shape index (κ2) is 6.08. The molecule has 2 aromatic rings. The maximum absolute atomic E-state index is 13.8. The smallest absolute Gasteiger partial charge is 0.322 e. The Morgan fingerprint density at radius 2 is 2.32 bits per heavy atom. The summed E-state index contributed by atoms with van der Waals surface area (Å²) in [5.74, 6) is 0.233. The summed E-state index contributed by atoms with van der Waals surface area (Å²) in [5, 5.41) is 6.61. The highest BCUT2D eigenvalue weighted by molar-refractivity contribution is 9.10. The molecule has 1 fully saturated rings. The molecule has 3 rings (SSSR count). The molecule has 5 nitrogen and oxygen atoms in total. The van der Waals surface area contributed by atoms with E-state index in [4.69, 9.17) is 4.52 Å². The maximum Gasteiger partial charge on any atom is 0.322 e. The minimum absolute atomic E-state index is 0.129. The fraction of sp³-hybridized carbons (Fsp3) is 0.333. The van der Waals surface area contributed by atoms with Crippen molar-refractivity contribution < 1.29 is 13.7 Å². The Labute approximate surface area is 135 Å². The van der Waals surface area contributed by atoms with Gasteiger partial charge >= 0.3 is 6.03 Å². The van der Waals surface area contributed by atoms with E-state index in [1.165, 1.54) is 12.1 Å². The molecule has 1 aliphatic heterocycles. The van der Waals surface area contributed by atoms with Gasteiger partial charge in [-0.15, -0.1) is 0 Å². The van der Waals surface area contributed by atoms with Gasteiger partial charge in [-0.3, -0.25) is 0 Å². The molecule has 116 valence electrons. The molecule has 1 N–H and O–H groups in total. The standard InChI is InChI=1S/C15H15BrFN3O2/c1-9-7-13(19-22-9)14-3-2-6-20(14)15(21)18-12-5-4-10(16)8-11(12)17/h4-5,7-8,14H,2-3,6H2,1H3,(H,18,21)/t14-/m1/s1. The van der Waals surface area contributed by atoms with Gasteiger partial charge in [0.25, 0.3) is 0 Å². The van der Waals surface area contributed by atoms with Crippen LogP contribution in [0.5, 0.6) is 0 Å². The SMILES string of the molecule is Cc1cc([C@H]2CCCN2C(=O)Nc2ccc(Br)cc2F)no1. The van der Waals surface area contributed by atoms with Crippen LogP contribution in [0.15, 0.2) is 33.3 Å². The summed E-state index contributed by atoms with van der Waals surface area (Å²) in [4.78, 5) is 14.1. The van der Waals surface area contributed by atoms with Crippen molar-refractivity contribution >= 4 is 27.6 Å². The monoisotopic (exact) mass is 367 g/mol. The molecular formula is C15H15BrFN3O2. The normalized spacial score (nSPS) is 17.8. The summed E-state index contributed by atoms with van der Waals surface area (Å²) >= 11 is 3.19. The van der Waals surface area contributed by atoms with Gasteiger partial charge in [0.05, 0.1) is 11.7 Å². The lowest BCUT2D eigenvalue weighted by molar-refractivity contribution is 0.204. The van der Waals surface area contributed by atoms with Crippen molar-refractivity contribution in [2.75, 3.05) is 11.9 Å². The summed E-state index contributed by atoms with van der Waals surface area (Å²) in [5.41, 5.74) is 0.900. The van der Waals surface area contributed by atoms with Gasteiger partial charge in [0.15, 0.2) is 0 Å². The quantitative estimate of drug-likeness (QED) is 0.862. The second-order valence-corrected chi connectivity index (χ2v) is 6.18. The zero-order valence-electron chi connectivity index (χ0n) is 12.0. The van der Waals surface area contributed by atoms with E-state index in [2.05, 4.69) is 26.4 Å². The van der Waals surface area contributed by atoms with E-state index in [9.17, 15) is 9.18 Å². The van der Waals surface area contributed by atoms with E-state index >= 15 is 0 Å². The highest BCUT2D eigenvalue weighted by Gasteiger charge is 2.32. The fourth-order valence-corrected chi connectivity index (χ4v) is 2.97.